The topological polar surface area (TPSA) is 0 Å². The molecule has 60 valence electrons. The van der Waals surface area contributed by atoms with Gasteiger partial charge in [-0.2, -0.15) is 0 Å². The summed E-state index contributed by atoms with van der Waals surface area (Å²) in [7, 11) is 0. The molecule has 0 saturated heterocycles. The fourth-order valence-corrected chi connectivity index (χ4v) is 1.04. The summed E-state index contributed by atoms with van der Waals surface area (Å²) in [6.07, 6.45) is 9.34. The van der Waals surface area contributed by atoms with Gasteiger partial charge in [-0.1, -0.05) is 24.3 Å². The third-order valence-corrected chi connectivity index (χ3v) is 1.86. The van der Waals surface area contributed by atoms with Gasteiger partial charge in [-0.25, -0.2) is 0 Å². The summed E-state index contributed by atoms with van der Waals surface area (Å²) in [6.45, 7) is 14.9. The zero-order valence-corrected chi connectivity index (χ0v) is 7.05. The van der Waals surface area contributed by atoms with Crippen molar-refractivity contribution in [1.29, 1.82) is 0 Å². The van der Waals surface area contributed by atoms with E-state index in [0.29, 0.717) is 0 Å². The monoisotopic (exact) mass is 148 g/mol. The quantitative estimate of drug-likeness (QED) is 0.506. The maximum Gasteiger partial charge on any atom is 0.0125 e. The molecule has 0 rings (SSSR count). The molecule has 0 saturated carbocycles. The van der Waals surface area contributed by atoms with E-state index in [2.05, 4.69) is 26.3 Å². The second kappa shape index (κ2) is 4.73. The van der Waals surface area contributed by atoms with Gasteiger partial charge in [0.25, 0.3) is 0 Å². The van der Waals surface area contributed by atoms with Crippen LogP contribution in [0, 0.1) is 5.41 Å². The van der Waals surface area contributed by atoms with Crippen molar-refractivity contribution in [2.45, 2.75) is 12.8 Å². The minimum absolute atomic E-state index is 0.0243. The highest BCUT2D eigenvalue weighted by Crippen LogP contribution is 2.29. The van der Waals surface area contributed by atoms with Crippen LogP contribution >= 0.6 is 0 Å². The molecule has 0 N–H and O–H groups in total. The maximum atomic E-state index is 3.77. The van der Waals surface area contributed by atoms with Gasteiger partial charge in [0.2, 0.25) is 0 Å². The van der Waals surface area contributed by atoms with Gasteiger partial charge in [0, 0.05) is 5.41 Å². The molecule has 0 heterocycles. The number of hydrogen-bond donors (Lipinski definition) is 0. The minimum Gasteiger partial charge on any atom is -0.103 e. The lowest BCUT2D eigenvalue weighted by molar-refractivity contribution is 0.511. The number of rotatable bonds is 6. The summed E-state index contributed by atoms with van der Waals surface area (Å²) in [5.74, 6) is 0. The molecule has 0 amide bonds. The second-order valence-electron chi connectivity index (χ2n) is 2.63. The minimum atomic E-state index is -0.0243. The van der Waals surface area contributed by atoms with Crippen molar-refractivity contribution in [3.63, 3.8) is 0 Å². The summed E-state index contributed by atoms with van der Waals surface area (Å²) >= 11 is 0. The SMILES string of the molecule is C=CCC(C=C)(C=C)CC=C. The predicted octanol–water partition coefficient (Wildman–Crippen LogP) is 3.50. The Kier molecular flexibility index (Phi) is 4.28. The molecule has 0 fully saturated rings. The van der Waals surface area contributed by atoms with Crippen molar-refractivity contribution in [2.24, 2.45) is 5.41 Å². The standard InChI is InChI=1S/C11H16/c1-5-9-11(7-3,8-4)10-6-2/h5-8H,1-4,9-10H2. The van der Waals surface area contributed by atoms with Crippen LogP contribution in [0.4, 0.5) is 0 Å². The molecular formula is C11H16. The van der Waals surface area contributed by atoms with E-state index in [0.717, 1.165) is 12.8 Å². The molecule has 0 aliphatic carbocycles. The van der Waals surface area contributed by atoms with Crippen molar-refractivity contribution in [3.05, 3.63) is 50.6 Å². The van der Waals surface area contributed by atoms with E-state index >= 15 is 0 Å². The fraction of sp³-hybridized carbons (Fsp3) is 0.273. The Labute approximate surface area is 69.6 Å². The summed E-state index contributed by atoms with van der Waals surface area (Å²) in [4.78, 5) is 0. The van der Waals surface area contributed by atoms with Crippen LogP contribution in [0.15, 0.2) is 50.6 Å². The van der Waals surface area contributed by atoms with Crippen molar-refractivity contribution in [3.8, 4) is 0 Å². The Balaban J connectivity index is 4.42. The molecule has 0 nitrogen and oxygen atoms in total. The van der Waals surface area contributed by atoms with E-state index in [1.165, 1.54) is 0 Å². The molecule has 0 aliphatic rings. The molecule has 0 heteroatoms. The van der Waals surface area contributed by atoms with E-state index in [1.54, 1.807) is 0 Å². The lowest BCUT2D eigenvalue weighted by Crippen LogP contribution is -2.11. The van der Waals surface area contributed by atoms with Crippen molar-refractivity contribution in [1.82, 2.24) is 0 Å². The van der Waals surface area contributed by atoms with Gasteiger partial charge in [0.15, 0.2) is 0 Å². The predicted molar refractivity (Wildman–Crippen MR) is 52.5 cm³/mol. The van der Waals surface area contributed by atoms with E-state index in [4.69, 9.17) is 0 Å². The normalized spacial score (nSPS) is 10.2. The van der Waals surface area contributed by atoms with Gasteiger partial charge in [-0.3, -0.25) is 0 Å². The Hall–Kier alpha value is -1.04. The van der Waals surface area contributed by atoms with Crippen molar-refractivity contribution < 1.29 is 0 Å². The summed E-state index contributed by atoms with van der Waals surface area (Å²) in [5, 5.41) is 0. The molecule has 11 heavy (non-hydrogen) atoms. The third-order valence-electron chi connectivity index (χ3n) is 1.86. The van der Waals surface area contributed by atoms with Crippen LogP contribution in [0.3, 0.4) is 0 Å². The average molecular weight is 148 g/mol. The van der Waals surface area contributed by atoms with Gasteiger partial charge < -0.3 is 0 Å². The third kappa shape index (κ3) is 2.58. The highest BCUT2D eigenvalue weighted by molar-refractivity contribution is 5.11. The first kappa shape index (κ1) is 9.96. The number of hydrogen-bond acceptors (Lipinski definition) is 0. The zero-order valence-electron chi connectivity index (χ0n) is 7.05. The van der Waals surface area contributed by atoms with E-state index < -0.39 is 0 Å². The van der Waals surface area contributed by atoms with Crippen LogP contribution in [0.2, 0.25) is 0 Å². The van der Waals surface area contributed by atoms with E-state index in [-0.39, 0.29) is 5.41 Å². The van der Waals surface area contributed by atoms with E-state index in [1.807, 2.05) is 24.3 Å². The summed E-state index contributed by atoms with van der Waals surface area (Å²) in [6, 6.07) is 0. The highest BCUT2D eigenvalue weighted by atomic mass is 14.2. The second-order valence-corrected chi connectivity index (χ2v) is 2.63. The molecule has 0 aromatic carbocycles. The van der Waals surface area contributed by atoms with Crippen LogP contribution in [0.25, 0.3) is 0 Å². The van der Waals surface area contributed by atoms with Crippen LogP contribution in [0.5, 0.6) is 0 Å². The van der Waals surface area contributed by atoms with Crippen LogP contribution in [-0.2, 0) is 0 Å². The zero-order chi connectivity index (χ0) is 8.74. The molecule has 0 radical (unpaired) electrons. The molecular weight excluding hydrogens is 132 g/mol. The van der Waals surface area contributed by atoms with Crippen LogP contribution < -0.4 is 0 Å². The molecule has 0 bridgehead atoms. The van der Waals surface area contributed by atoms with E-state index in [9.17, 15) is 0 Å². The molecule has 0 aromatic heterocycles. The lowest BCUT2D eigenvalue weighted by atomic mass is 9.81. The Morgan fingerprint density at radius 1 is 0.818 bits per heavy atom. The van der Waals surface area contributed by atoms with Crippen molar-refractivity contribution >= 4 is 0 Å². The molecule has 0 spiro atoms. The molecule has 0 aromatic rings. The van der Waals surface area contributed by atoms with Gasteiger partial charge in [0.1, 0.15) is 0 Å². The van der Waals surface area contributed by atoms with Crippen LogP contribution in [0.1, 0.15) is 12.8 Å². The Morgan fingerprint density at radius 3 is 1.36 bits per heavy atom. The van der Waals surface area contributed by atoms with Gasteiger partial charge in [-0.05, 0) is 12.8 Å². The highest BCUT2D eigenvalue weighted by Gasteiger charge is 2.18. The fourth-order valence-electron chi connectivity index (χ4n) is 1.04. The largest absolute Gasteiger partial charge is 0.103 e. The lowest BCUT2D eigenvalue weighted by Gasteiger charge is -2.23. The number of allylic oxidation sites excluding steroid dienone is 4. The average Bonchev–Trinajstić information content (AvgIpc) is 2.04. The Morgan fingerprint density at radius 2 is 1.18 bits per heavy atom. The molecule has 0 atom stereocenters. The Bertz CT molecular complexity index is 143. The first-order valence-electron chi connectivity index (χ1n) is 3.73. The van der Waals surface area contributed by atoms with Gasteiger partial charge in [0.05, 0.1) is 0 Å². The van der Waals surface area contributed by atoms with Gasteiger partial charge >= 0.3 is 0 Å². The first-order valence-corrected chi connectivity index (χ1v) is 3.73. The first-order chi connectivity index (χ1) is 5.24. The molecule has 0 unspecified atom stereocenters. The van der Waals surface area contributed by atoms with Gasteiger partial charge in [-0.15, -0.1) is 26.3 Å². The van der Waals surface area contributed by atoms with Crippen LogP contribution in [-0.4, -0.2) is 0 Å². The summed E-state index contributed by atoms with van der Waals surface area (Å²) in [5.41, 5.74) is -0.0243. The molecule has 0 aliphatic heterocycles. The van der Waals surface area contributed by atoms with Crippen molar-refractivity contribution in [2.75, 3.05) is 0 Å². The summed E-state index contributed by atoms with van der Waals surface area (Å²) < 4.78 is 0. The smallest absolute Gasteiger partial charge is 0.0125 e. The maximum absolute atomic E-state index is 3.77.